The van der Waals surface area contributed by atoms with E-state index >= 15 is 0 Å². The van der Waals surface area contributed by atoms with E-state index < -0.39 is 0 Å². The first-order valence-electron chi connectivity index (χ1n) is 7.29. The molecule has 0 spiro atoms. The lowest BCUT2D eigenvalue weighted by Gasteiger charge is -2.25. The normalized spacial score (nSPS) is 31.0. The summed E-state index contributed by atoms with van der Waals surface area (Å²) in [6.45, 7) is 4.23. The molecule has 0 bridgehead atoms. The van der Waals surface area contributed by atoms with Crippen LogP contribution in [0.5, 0.6) is 0 Å². The van der Waals surface area contributed by atoms with Gasteiger partial charge in [0.05, 0.1) is 12.7 Å². The highest BCUT2D eigenvalue weighted by Gasteiger charge is 2.31. The lowest BCUT2D eigenvalue weighted by atomic mass is 9.95. The molecule has 2 aliphatic heterocycles. The fourth-order valence-electron chi connectivity index (χ4n) is 3.19. The third-order valence-corrected chi connectivity index (χ3v) is 4.43. The van der Waals surface area contributed by atoms with E-state index in [0.29, 0.717) is 12.1 Å². The number of likely N-dealkylation sites (tertiary alicyclic amines) is 1. The molecule has 4 heteroatoms. The minimum Gasteiger partial charge on any atom is -0.395 e. The molecule has 106 valence electrons. The zero-order valence-electron chi connectivity index (χ0n) is 11.5. The number of aliphatic hydroxyl groups excluding tert-OH is 1. The van der Waals surface area contributed by atoms with Gasteiger partial charge in [0.2, 0.25) is 0 Å². The summed E-state index contributed by atoms with van der Waals surface area (Å²) in [5, 5.41) is 9.38. The summed E-state index contributed by atoms with van der Waals surface area (Å²) < 4.78 is 10.8. The predicted octanol–water partition coefficient (Wildman–Crippen LogP) is 1.27. The van der Waals surface area contributed by atoms with E-state index in [1.54, 1.807) is 7.11 Å². The van der Waals surface area contributed by atoms with Gasteiger partial charge in [-0.15, -0.1) is 0 Å². The Morgan fingerprint density at radius 3 is 2.78 bits per heavy atom. The van der Waals surface area contributed by atoms with Crippen LogP contribution in [-0.2, 0) is 9.47 Å². The second kappa shape index (κ2) is 7.43. The minimum atomic E-state index is 0.261. The number of aliphatic hydroxyl groups is 1. The Kier molecular flexibility index (Phi) is 5.89. The van der Waals surface area contributed by atoms with Crippen molar-refractivity contribution < 1.29 is 14.6 Å². The van der Waals surface area contributed by atoms with Crippen molar-refractivity contribution in [3.63, 3.8) is 0 Å². The van der Waals surface area contributed by atoms with Crippen molar-refractivity contribution in [2.45, 2.75) is 44.2 Å². The number of ether oxygens (including phenoxy) is 2. The molecule has 2 heterocycles. The van der Waals surface area contributed by atoms with E-state index in [2.05, 4.69) is 4.90 Å². The standard InChI is InChI=1S/C14H27NO3/c1-17-14-9-13(11-16)15(10-14)6-2-3-12-4-7-18-8-5-12/h12-14,16H,2-11H2,1H3/t13-,14+/m0/s1. The molecule has 2 fully saturated rings. The van der Waals surface area contributed by atoms with Crippen LogP contribution in [0.1, 0.15) is 32.1 Å². The van der Waals surface area contributed by atoms with Gasteiger partial charge in [0.1, 0.15) is 0 Å². The molecule has 1 N–H and O–H groups in total. The first-order valence-corrected chi connectivity index (χ1v) is 7.29. The van der Waals surface area contributed by atoms with Crippen molar-refractivity contribution >= 4 is 0 Å². The molecule has 0 amide bonds. The molecule has 18 heavy (non-hydrogen) atoms. The minimum absolute atomic E-state index is 0.261. The maximum Gasteiger partial charge on any atom is 0.0714 e. The molecule has 0 aromatic heterocycles. The van der Waals surface area contributed by atoms with Crippen LogP contribution in [0.25, 0.3) is 0 Å². The predicted molar refractivity (Wildman–Crippen MR) is 70.6 cm³/mol. The fraction of sp³-hybridized carbons (Fsp3) is 1.00. The molecule has 2 atom stereocenters. The van der Waals surface area contributed by atoms with E-state index in [1.807, 2.05) is 0 Å². The van der Waals surface area contributed by atoms with Crippen molar-refractivity contribution in [2.75, 3.05) is 40.0 Å². The molecule has 0 saturated carbocycles. The summed E-state index contributed by atoms with van der Waals surface area (Å²) in [6, 6.07) is 0.310. The van der Waals surface area contributed by atoms with Crippen LogP contribution >= 0.6 is 0 Å². The summed E-state index contributed by atoms with van der Waals surface area (Å²) in [4.78, 5) is 2.40. The monoisotopic (exact) mass is 257 g/mol. The topological polar surface area (TPSA) is 41.9 Å². The molecule has 0 unspecified atom stereocenters. The highest BCUT2D eigenvalue weighted by molar-refractivity contribution is 4.85. The van der Waals surface area contributed by atoms with E-state index in [1.165, 1.54) is 25.7 Å². The number of hydrogen-bond acceptors (Lipinski definition) is 4. The molecular weight excluding hydrogens is 230 g/mol. The van der Waals surface area contributed by atoms with Gasteiger partial charge in [-0.3, -0.25) is 4.90 Å². The van der Waals surface area contributed by atoms with Gasteiger partial charge in [-0.2, -0.15) is 0 Å². The van der Waals surface area contributed by atoms with Crippen molar-refractivity contribution in [3.8, 4) is 0 Å². The molecule has 2 rings (SSSR count). The largest absolute Gasteiger partial charge is 0.395 e. The first-order chi connectivity index (χ1) is 8.83. The lowest BCUT2D eigenvalue weighted by Crippen LogP contribution is -2.33. The number of hydrogen-bond donors (Lipinski definition) is 1. The molecule has 0 aliphatic carbocycles. The van der Waals surface area contributed by atoms with Gasteiger partial charge in [-0.25, -0.2) is 0 Å². The molecule has 4 nitrogen and oxygen atoms in total. The Morgan fingerprint density at radius 2 is 2.11 bits per heavy atom. The molecular formula is C14H27NO3. The highest BCUT2D eigenvalue weighted by Crippen LogP contribution is 2.23. The average Bonchev–Trinajstić information content (AvgIpc) is 2.82. The van der Waals surface area contributed by atoms with Crippen molar-refractivity contribution in [3.05, 3.63) is 0 Å². The molecule has 2 saturated heterocycles. The van der Waals surface area contributed by atoms with Crippen LogP contribution in [0.15, 0.2) is 0 Å². The van der Waals surface area contributed by atoms with Gasteiger partial charge in [0.25, 0.3) is 0 Å². The quantitative estimate of drug-likeness (QED) is 0.778. The van der Waals surface area contributed by atoms with Crippen molar-refractivity contribution in [2.24, 2.45) is 5.92 Å². The summed E-state index contributed by atoms with van der Waals surface area (Å²) in [6.07, 6.45) is 6.27. The van der Waals surface area contributed by atoms with Gasteiger partial charge in [0, 0.05) is 32.9 Å². The van der Waals surface area contributed by atoms with E-state index in [0.717, 1.165) is 38.6 Å². The lowest BCUT2D eigenvalue weighted by molar-refractivity contribution is 0.0613. The SMILES string of the molecule is CO[C@@H]1C[C@@H](CO)N(CCCC2CCOCC2)C1. The Bertz CT molecular complexity index is 231. The Morgan fingerprint density at radius 1 is 1.33 bits per heavy atom. The van der Waals surface area contributed by atoms with Crippen LogP contribution in [0.2, 0.25) is 0 Å². The molecule has 0 aromatic rings. The third kappa shape index (κ3) is 3.92. The summed E-state index contributed by atoms with van der Waals surface area (Å²) in [7, 11) is 1.77. The zero-order valence-corrected chi connectivity index (χ0v) is 11.5. The van der Waals surface area contributed by atoms with Crippen LogP contribution < -0.4 is 0 Å². The molecule has 2 aliphatic rings. The summed E-state index contributed by atoms with van der Waals surface area (Å²) >= 11 is 0. The van der Waals surface area contributed by atoms with Crippen molar-refractivity contribution in [1.29, 1.82) is 0 Å². The first kappa shape index (κ1) is 14.3. The van der Waals surface area contributed by atoms with Crippen molar-refractivity contribution in [1.82, 2.24) is 4.90 Å². The van der Waals surface area contributed by atoms with E-state index in [4.69, 9.17) is 9.47 Å². The second-order valence-electron chi connectivity index (χ2n) is 5.62. The zero-order chi connectivity index (χ0) is 12.8. The van der Waals surface area contributed by atoms with Gasteiger partial charge in [-0.05, 0) is 44.6 Å². The van der Waals surface area contributed by atoms with Crippen LogP contribution in [0.4, 0.5) is 0 Å². The van der Waals surface area contributed by atoms with Crippen LogP contribution in [0, 0.1) is 5.92 Å². The fourth-order valence-corrected chi connectivity index (χ4v) is 3.19. The number of nitrogens with zero attached hydrogens (tertiary/aromatic N) is 1. The maximum atomic E-state index is 9.38. The van der Waals surface area contributed by atoms with Gasteiger partial charge < -0.3 is 14.6 Å². The van der Waals surface area contributed by atoms with Gasteiger partial charge >= 0.3 is 0 Å². The number of rotatable bonds is 6. The van der Waals surface area contributed by atoms with E-state index in [9.17, 15) is 5.11 Å². The Hall–Kier alpha value is -0.160. The average molecular weight is 257 g/mol. The van der Waals surface area contributed by atoms with Gasteiger partial charge in [-0.1, -0.05) is 0 Å². The highest BCUT2D eigenvalue weighted by atomic mass is 16.5. The second-order valence-corrected chi connectivity index (χ2v) is 5.62. The Balaban J connectivity index is 1.65. The Labute approximate surface area is 110 Å². The maximum absolute atomic E-state index is 9.38. The smallest absolute Gasteiger partial charge is 0.0714 e. The summed E-state index contributed by atoms with van der Waals surface area (Å²) in [5.74, 6) is 0.854. The van der Waals surface area contributed by atoms with E-state index in [-0.39, 0.29) is 6.61 Å². The molecule has 0 radical (unpaired) electrons. The number of methoxy groups -OCH3 is 1. The van der Waals surface area contributed by atoms with Crippen LogP contribution in [-0.4, -0.2) is 62.2 Å². The third-order valence-electron chi connectivity index (χ3n) is 4.43. The molecule has 0 aromatic carbocycles. The van der Waals surface area contributed by atoms with Gasteiger partial charge in [0.15, 0.2) is 0 Å². The van der Waals surface area contributed by atoms with Crippen LogP contribution in [0.3, 0.4) is 0 Å². The summed E-state index contributed by atoms with van der Waals surface area (Å²) in [5.41, 5.74) is 0.